The quantitative estimate of drug-likeness (QED) is 0.598. The molecule has 0 aromatic carbocycles. The van der Waals surface area contributed by atoms with Crippen LogP contribution in [-0.4, -0.2) is 63.3 Å². The molecule has 32 heavy (non-hydrogen) atoms. The Morgan fingerprint density at radius 2 is 2.16 bits per heavy atom. The molecule has 0 radical (unpaired) electrons. The van der Waals surface area contributed by atoms with Crippen molar-refractivity contribution in [3.05, 3.63) is 36.3 Å². The van der Waals surface area contributed by atoms with Crippen molar-refractivity contribution in [2.75, 3.05) is 25.6 Å². The molecule has 2 aliphatic rings. The summed E-state index contributed by atoms with van der Waals surface area (Å²) in [4.78, 5) is 20.6. The summed E-state index contributed by atoms with van der Waals surface area (Å²) < 4.78 is 19.3. The number of methoxy groups -OCH3 is 1. The molecule has 2 N–H and O–H groups in total. The van der Waals surface area contributed by atoms with Gasteiger partial charge in [0.15, 0.2) is 5.82 Å². The van der Waals surface area contributed by atoms with Gasteiger partial charge in [-0.25, -0.2) is 14.6 Å². The molecule has 10 nitrogen and oxygen atoms in total. The van der Waals surface area contributed by atoms with Gasteiger partial charge < -0.3 is 24.6 Å². The molecule has 0 spiro atoms. The van der Waals surface area contributed by atoms with Crippen LogP contribution in [0.4, 0.5) is 5.82 Å². The molecule has 168 valence electrons. The second-order valence-corrected chi connectivity index (χ2v) is 8.28. The van der Waals surface area contributed by atoms with Gasteiger partial charge in [-0.15, -0.1) is 0 Å². The van der Waals surface area contributed by atoms with Crippen LogP contribution in [0.5, 0.6) is 5.75 Å². The van der Waals surface area contributed by atoms with Gasteiger partial charge in [-0.2, -0.15) is 5.10 Å². The summed E-state index contributed by atoms with van der Waals surface area (Å²) in [7, 11) is 1.65. The molecule has 1 aliphatic heterocycles. The van der Waals surface area contributed by atoms with Crippen LogP contribution in [0.25, 0.3) is 16.7 Å². The average Bonchev–Trinajstić information content (AvgIpc) is 3.40. The summed E-state index contributed by atoms with van der Waals surface area (Å²) in [5.41, 5.74) is 0.774. The molecule has 0 bridgehead atoms. The molecule has 1 saturated heterocycles. The first-order chi connectivity index (χ1) is 15.5. The number of fused-ring (bicyclic) bond motifs is 1. The summed E-state index contributed by atoms with van der Waals surface area (Å²) in [6.07, 6.45) is 4.87. The highest BCUT2D eigenvalue weighted by Crippen LogP contribution is 2.36. The Kier molecular flexibility index (Phi) is 5.28. The number of aromatic nitrogens is 4. The smallest absolute Gasteiger partial charge is 0.222 e. The monoisotopic (exact) mass is 439 g/mol. The number of aliphatic hydroxyl groups is 1. The second-order valence-electron chi connectivity index (χ2n) is 8.28. The topological polar surface area (TPSA) is 121 Å². The standard InChI is InChI=1S/C22H25N5O5/c1-13(28)25-20-9-18-14(10-23-20)11-24-27(18)21-8-17(32-16-5-15(29)6-16)7-19(26-21)22(30-2)3-4-31-12-22/h7-11,15-16,29H,3-6,12H2,1-2H3,(H,23,25,28). The van der Waals surface area contributed by atoms with Crippen LogP contribution in [-0.2, 0) is 19.9 Å². The molecule has 3 aromatic rings. The van der Waals surface area contributed by atoms with Gasteiger partial charge in [0.2, 0.25) is 5.91 Å². The fraction of sp³-hybridized carbons (Fsp3) is 0.455. The number of hydrogen-bond donors (Lipinski definition) is 2. The second kappa shape index (κ2) is 8.12. The summed E-state index contributed by atoms with van der Waals surface area (Å²) in [6, 6.07) is 5.45. The first-order valence-electron chi connectivity index (χ1n) is 10.6. The zero-order valence-electron chi connectivity index (χ0n) is 17.9. The molecular formula is C22H25N5O5. The Labute approximate surface area is 184 Å². The number of nitrogens with one attached hydrogen (secondary N) is 1. The zero-order valence-corrected chi connectivity index (χ0v) is 17.9. The fourth-order valence-corrected chi connectivity index (χ4v) is 4.09. The Hall–Kier alpha value is -3.08. The first kappa shape index (κ1) is 20.8. The van der Waals surface area contributed by atoms with Crippen molar-refractivity contribution >= 4 is 22.6 Å². The number of anilines is 1. The van der Waals surface area contributed by atoms with Gasteiger partial charge in [0.1, 0.15) is 23.3 Å². The molecule has 1 atom stereocenters. The Morgan fingerprint density at radius 1 is 1.31 bits per heavy atom. The van der Waals surface area contributed by atoms with Gasteiger partial charge in [0, 0.05) is 69.7 Å². The molecule has 1 aliphatic carbocycles. The van der Waals surface area contributed by atoms with E-state index in [1.54, 1.807) is 30.3 Å². The fourth-order valence-electron chi connectivity index (χ4n) is 4.09. The number of ether oxygens (including phenoxy) is 3. The van der Waals surface area contributed by atoms with Crippen molar-refractivity contribution in [2.45, 2.75) is 44.0 Å². The normalized spacial score (nSPS) is 25.0. The Bertz CT molecular complexity index is 1150. The summed E-state index contributed by atoms with van der Waals surface area (Å²) >= 11 is 0. The molecule has 1 saturated carbocycles. The minimum Gasteiger partial charge on any atom is -0.490 e. The van der Waals surface area contributed by atoms with Gasteiger partial charge in [0.25, 0.3) is 0 Å². The largest absolute Gasteiger partial charge is 0.490 e. The highest BCUT2D eigenvalue weighted by Gasteiger charge is 2.39. The van der Waals surface area contributed by atoms with E-state index in [9.17, 15) is 9.90 Å². The van der Waals surface area contributed by atoms with E-state index in [0.717, 1.165) is 10.9 Å². The lowest BCUT2D eigenvalue weighted by atomic mass is 9.92. The van der Waals surface area contributed by atoms with Crippen molar-refractivity contribution in [1.82, 2.24) is 19.7 Å². The van der Waals surface area contributed by atoms with Crippen LogP contribution in [0, 0.1) is 0 Å². The highest BCUT2D eigenvalue weighted by molar-refractivity contribution is 5.90. The van der Waals surface area contributed by atoms with Crippen LogP contribution >= 0.6 is 0 Å². The lowest BCUT2D eigenvalue weighted by molar-refractivity contribution is -0.114. The van der Waals surface area contributed by atoms with Gasteiger partial charge in [-0.1, -0.05) is 0 Å². The van der Waals surface area contributed by atoms with Crippen LogP contribution < -0.4 is 10.1 Å². The predicted molar refractivity (Wildman–Crippen MR) is 115 cm³/mol. The van der Waals surface area contributed by atoms with E-state index in [4.69, 9.17) is 19.2 Å². The summed E-state index contributed by atoms with van der Waals surface area (Å²) in [6.45, 7) is 2.42. The van der Waals surface area contributed by atoms with E-state index in [-0.39, 0.29) is 18.1 Å². The van der Waals surface area contributed by atoms with Gasteiger partial charge >= 0.3 is 0 Å². The van der Waals surface area contributed by atoms with E-state index in [2.05, 4.69) is 15.4 Å². The third-order valence-electron chi connectivity index (χ3n) is 5.97. The molecule has 1 amide bonds. The summed E-state index contributed by atoms with van der Waals surface area (Å²) in [5.74, 6) is 1.41. The highest BCUT2D eigenvalue weighted by atomic mass is 16.5. The number of rotatable bonds is 6. The third kappa shape index (κ3) is 3.81. The van der Waals surface area contributed by atoms with Crippen molar-refractivity contribution in [3.63, 3.8) is 0 Å². The van der Waals surface area contributed by atoms with Crippen molar-refractivity contribution in [1.29, 1.82) is 0 Å². The van der Waals surface area contributed by atoms with Gasteiger partial charge in [0.05, 0.1) is 30.1 Å². The zero-order chi connectivity index (χ0) is 22.3. The number of aliphatic hydroxyl groups excluding tert-OH is 1. The maximum absolute atomic E-state index is 11.5. The first-order valence-corrected chi connectivity index (χ1v) is 10.6. The molecular weight excluding hydrogens is 414 g/mol. The van der Waals surface area contributed by atoms with E-state index in [1.807, 2.05) is 12.1 Å². The van der Waals surface area contributed by atoms with Gasteiger partial charge in [-0.3, -0.25) is 4.79 Å². The van der Waals surface area contributed by atoms with Crippen LogP contribution in [0.3, 0.4) is 0 Å². The van der Waals surface area contributed by atoms with E-state index in [0.29, 0.717) is 55.6 Å². The number of carbonyl (C=O) groups is 1. The lowest BCUT2D eigenvalue weighted by Gasteiger charge is -2.32. The third-order valence-corrected chi connectivity index (χ3v) is 5.97. The molecule has 3 aromatic heterocycles. The average molecular weight is 439 g/mol. The minimum atomic E-state index is -0.668. The number of pyridine rings is 2. The number of amides is 1. The lowest BCUT2D eigenvalue weighted by Crippen LogP contribution is -2.37. The van der Waals surface area contributed by atoms with Crippen molar-refractivity contribution < 1.29 is 24.1 Å². The summed E-state index contributed by atoms with van der Waals surface area (Å²) in [5, 5.41) is 17.6. The predicted octanol–water partition coefficient (Wildman–Crippen LogP) is 1.94. The van der Waals surface area contributed by atoms with Crippen LogP contribution in [0.15, 0.2) is 30.6 Å². The molecule has 1 unspecified atom stereocenters. The van der Waals surface area contributed by atoms with Crippen molar-refractivity contribution in [3.8, 4) is 11.6 Å². The number of nitrogens with zero attached hydrogens (tertiary/aromatic N) is 4. The van der Waals surface area contributed by atoms with Gasteiger partial charge in [-0.05, 0) is 0 Å². The SMILES string of the molecule is COC1(c2cc(OC3CC(O)C3)cc(-n3ncc4cnc(NC(C)=O)cc43)n2)CCOC1. The van der Waals surface area contributed by atoms with Crippen LogP contribution in [0.2, 0.25) is 0 Å². The molecule has 2 fully saturated rings. The minimum absolute atomic E-state index is 0.0450. The van der Waals surface area contributed by atoms with E-state index < -0.39 is 5.60 Å². The van der Waals surface area contributed by atoms with E-state index >= 15 is 0 Å². The maximum atomic E-state index is 11.5. The Balaban J connectivity index is 1.59. The number of carbonyl (C=O) groups excluding carboxylic acids is 1. The van der Waals surface area contributed by atoms with E-state index in [1.165, 1.54) is 6.92 Å². The molecule has 5 rings (SSSR count). The molecule has 4 heterocycles. The molecule has 10 heteroatoms. The Morgan fingerprint density at radius 3 is 2.84 bits per heavy atom. The van der Waals surface area contributed by atoms with Crippen molar-refractivity contribution in [2.24, 2.45) is 0 Å². The number of hydrogen-bond acceptors (Lipinski definition) is 8. The van der Waals surface area contributed by atoms with Crippen LogP contribution in [0.1, 0.15) is 31.9 Å². The maximum Gasteiger partial charge on any atom is 0.222 e.